The molecule has 0 aliphatic carbocycles. The Morgan fingerprint density at radius 2 is 1.70 bits per heavy atom. The number of aliphatic hydroxyl groups is 1. The van der Waals surface area contributed by atoms with Crippen LogP contribution < -0.4 is 0 Å². The van der Waals surface area contributed by atoms with E-state index in [2.05, 4.69) is 4.90 Å². The number of amides is 1. The van der Waals surface area contributed by atoms with Gasteiger partial charge in [0.1, 0.15) is 0 Å². The normalized spacial score (nSPS) is 16.6. The highest BCUT2D eigenvalue weighted by molar-refractivity contribution is 5.92. The van der Waals surface area contributed by atoms with E-state index in [1.165, 1.54) is 18.2 Å². The number of hydrogen-bond acceptors (Lipinski definition) is 5. The number of aliphatic hydroxyl groups excluding tert-OH is 1. The third-order valence-corrected chi connectivity index (χ3v) is 4.72. The van der Waals surface area contributed by atoms with Crippen molar-refractivity contribution < 1.29 is 20.1 Å². The van der Waals surface area contributed by atoms with Gasteiger partial charge in [-0.2, -0.15) is 0 Å². The number of β-amino-alcohol motifs (C(OH)–C–C–N with tert-alkyl or cyclic N) is 1. The van der Waals surface area contributed by atoms with E-state index in [1.807, 2.05) is 30.3 Å². The number of hydrogen-bond donors (Lipinski definition) is 3. The third kappa shape index (κ3) is 5.09. The monoisotopic (exact) mass is 368 g/mol. The number of carbonyl (C=O) groups is 1. The largest absolute Gasteiger partial charge is 0.504 e. The van der Waals surface area contributed by atoms with Crippen molar-refractivity contribution in [2.45, 2.75) is 6.10 Å². The first-order valence-electron chi connectivity index (χ1n) is 8.97. The Bertz CT molecular complexity index is 799. The topological polar surface area (TPSA) is 84.2 Å². The Labute approximate surface area is 158 Å². The van der Waals surface area contributed by atoms with Gasteiger partial charge < -0.3 is 20.2 Å². The number of nitrogens with zero attached hydrogens (tertiary/aromatic N) is 2. The molecule has 0 saturated carbocycles. The van der Waals surface area contributed by atoms with E-state index >= 15 is 0 Å². The molecule has 1 amide bonds. The SMILES string of the molecule is O=C(C=Cc1ccc(O)c(O)c1)N1CCN(CC(O)c2ccccc2)CC1. The van der Waals surface area contributed by atoms with Crippen LogP contribution in [0.2, 0.25) is 0 Å². The molecular weight excluding hydrogens is 344 g/mol. The van der Waals surface area contributed by atoms with Crippen LogP contribution >= 0.6 is 0 Å². The van der Waals surface area contributed by atoms with Crippen LogP contribution in [0.4, 0.5) is 0 Å². The summed E-state index contributed by atoms with van der Waals surface area (Å²) in [4.78, 5) is 16.3. The smallest absolute Gasteiger partial charge is 0.246 e. The van der Waals surface area contributed by atoms with Crippen molar-refractivity contribution in [3.63, 3.8) is 0 Å². The fraction of sp³-hybridized carbons (Fsp3) is 0.286. The van der Waals surface area contributed by atoms with E-state index in [-0.39, 0.29) is 17.4 Å². The van der Waals surface area contributed by atoms with Gasteiger partial charge in [0.2, 0.25) is 5.91 Å². The number of piperazine rings is 1. The summed E-state index contributed by atoms with van der Waals surface area (Å²) in [5.41, 5.74) is 1.54. The third-order valence-electron chi connectivity index (χ3n) is 4.72. The minimum absolute atomic E-state index is 0.0918. The summed E-state index contributed by atoms with van der Waals surface area (Å²) in [5.74, 6) is -0.492. The predicted octanol–water partition coefficient (Wildman–Crippen LogP) is 1.99. The molecule has 1 fully saturated rings. The summed E-state index contributed by atoms with van der Waals surface area (Å²) in [6.07, 6.45) is 2.56. The minimum atomic E-state index is -0.532. The first-order chi connectivity index (χ1) is 13.0. The molecule has 2 aromatic carbocycles. The standard InChI is InChI=1S/C21H24N2O4/c24-18-8-6-16(14-19(18)25)7-9-21(27)23-12-10-22(11-13-23)15-20(26)17-4-2-1-3-5-17/h1-9,14,20,24-26H,10-13,15H2. The van der Waals surface area contributed by atoms with Crippen LogP contribution in [0.15, 0.2) is 54.6 Å². The molecule has 2 aromatic rings. The molecular formula is C21H24N2O4. The van der Waals surface area contributed by atoms with Gasteiger partial charge in [-0.25, -0.2) is 0 Å². The summed E-state index contributed by atoms with van der Waals surface area (Å²) in [6.45, 7) is 3.18. The summed E-state index contributed by atoms with van der Waals surface area (Å²) in [7, 11) is 0. The van der Waals surface area contributed by atoms with E-state index in [4.69, 9.17) is 0 Å². The van der Waals surface area contributed by atoms with Gasteiger partial charge >= 0.3 is 0 Å². The Balaban J connectivity index is 1.49. The lowest BCUT2D eigenvalue weighted by Gasteiger charge is -2.35. The second kappa shape index (κ2) is 8.70. The minimum Gasteiger partial charge on any atom is -0.504 e. The maximum absolute atomic E-state index is 12.3. The molecule has 0 bridgehead atoms. The highest BCUT2D eigenvalue weighted by Gasteiger charge is 2.21. The lowest BCUT2D eigenvalue weighted by atomic mass is 10.1. The molecule has 3 rings (SSSR count). The molecule has 142 valence electrons. The second-order valence-corrected chi connectivity index (χ2v) is 6.63. The lowest BCUT2D eigenvalue weighted by molar-refractivity contribution is -0.127. The Hall–Kier alpha value is -2.83. The number of rotatable bonds is 5. The molecule has 1 atom stereocenters. The van der Waals surface area contributed by atoms with Gasteiger partial charge in [-0.3, -0.25) is 9.69 Å². The first kappa shape index (κ1) is 18.9. The van der Waals surface area contributed by atoms with Crippen molar-refractivity contribution in [1.29, 1.82) is 0 Å². The van der Waals surface area contributed by atoms with Crippen molar-refractivity contribution in [3.05, 3.63) is 65.7 Å². The average Bonchev–Trinajstić information content (AvgIpc) is 2.70. The van der Waals surface area contributed by atoms with Crippen LogP contribution in [-0.2, 0) is 4.79 Å². The van der Waals surface area contributed by atoms with Gasteiger partial charge in [0, 0.05) is 38.8 Å². The highest BCUT2D eigenvalue weighted by Crippen LogP contribution is 2.25. The number of benzene rings is 2. The van der Waals surface area contributed by atoms with E-state index in [0.29, 0.717) is 38.3 Å². The van der Waals surface area contributed by atoms with Crippen LogP contribution in [0.3, 0.4) is 0 Å². The molecule has 0 radical (unpaired) electrons. The Morgan fingerprint density at radius 1 is 1.00 bits per heavy atom. The zero-order chi connectivity index (χ0) is 19.2. The zero-order valence-electron chi connectivity index (χ0n) is 15.0. The molecule has 0 spiro atoms. The van der Waals surface area contributed by atoms with E-state index < -0.39 is 6.10 Å². The fourth-order valence-corrected chi connectivity index (χ4v) is 3.09. The van der Waals surface area contributed by atoms with Gasteiger partial charge in [0.25, 0.3) is 0 Å². The van der Waals surface area contributed by atoms with Crippen molar-refractivity contribution in [1.82, 2.24) is 9.80 Å². The van der Waals surface area contributed by atoms with E-state index in [0.717, 1.165) is 5.56 Å². The number of phenols is 2. The van der Waals surface area contributed by atoms with Crippen LogP contribution in [0, 0.1) is 0 Å². The lowest BCUT2D eigenvalue weighted by Crippen LogP contribution is -2.49. The molecule has 0 aromatic heterocycles. The second-order valence-electron chi connectivity index (χ2n) is 6.63. The van der Waals surface area contributed by atoms with Crippen LogP contribution in [0.1, 0.15) is 17.2 Å². The Kier molecular flexibility index (Phi) is 6.11. The van der Waals surface area contributed by atoms with Crippen molar-refractivity contribution in [2.24, 2.45) is 0 Å². The van der Waals surface area contributed by atoms with Gasteiger partial charge in [-0.15, -0.1) is 0 Å². The molecule has 1 aliphatic rings. The first-order valence-corrected chi connectivity index (χ1v) is 8.97. The summed E-state index contributed by atoms with van der Waals surface area (Å²) in [6, 6.07) is 14.0. The van der Waals surface area contributed by atoms with Gasteiger partial charge in [-0.1, -0.05) is 36.4 Å². The quantitative estimate of drug-likeness (QED) is 0.555. The molecule has 27 heavy (non-hydrogen) atoms. The van der Waals surface area contributed by atoms with E-state index in [9.17, 15) is 20.1 Å². The molecule has 3 N–H and O–H groups in total. The van der Waals surface area contributed by atoms with Crippen molar-refractivity contribution in [3.8, 4) is 11.5 Å². The van der Waals surface area contributed by atoms with Gasteiger partial charge in [0.15, 0.2) is 11.5 Å². The van der Waals surface area contributed by atoms with Gasteiger partial charge in [0.05, 0.1) is 6.10 Å². The molecule has 1 unspecified atom stereocenters. The van der Waals surface area contributed by atoms with E-state index in [1.54, 1.807) is 17.0 Å². The molecule has 1 aliphatic heterocycles. The maximum Gasteiger partial charge on any atom is 0.246 e. The summed E-state index contributed by atoms with van der Waals surface area (Å²) in [5, 5.41) is 29.1. The van der Waals surface area contributed by atoms with Crippen molar-refractivity contribution in [2.75, 3.05) is 32.7 Å². The molecule has 1 saturated heterocycles. The van der Waals surface area contributed by atoms with Crippen molar-refractivity contribution >= 4 is 12.0 Å². The van der Waals surface area contributed by atoms with Gasteiger partial charge in [-0.05, 0) is 29.3 Å². The average molecular weight is 368 g/mol. The number of phenolic OH excluding ortho intramolecular Hbond substituents is 2. The molecule has 1 heterocycles. The maximum atomic E-state index is 12.3. The molecule has 6 heteroatoms. The van der Waals surface area contributed by atoms with Crippen LogP contribution in [0.25, 0.3) is 6.08 Å². The van der Waals surface area contributed by atoms with Crippen LogP contribution in [-0.4, -0.2) is 63.8 Å². The number of aromatic hydroxyl groups is 2. The highest BCUT2D eigenvalue weighted by atomic mass is 16.3. The molecule has 6 nitrogen and oxygen atoms in total. The number of carbonyl (C=O) groups excluding carboxylic acids is 1. The zero-order valence-corrected chi connectivity index (χ0v) is 15.0. The fourth-order valence-electron chi connectivity index (χ4n) is 3.09. The predicted molar refractivity (Wildman–Crippen MR) is 103 cm³/mol. The summed E-state index contributed by atoms with van der Waals surface area (Å²) < 4.78 is 0. The summed E-state index contributed by atoms with van der Waals surface area (Å²) >= 11 is 0. The van der Waals surface area contributed by atoms with Crippen LogP contribution in [0.5, 0.6) is 11.5 Å². The Morgan fingerprint density at radius 3 is 2.37 bits per heavy atom.